The van der Waals surface area contributed by atoms with Crippen LogP contribution in [0.25, 0.3) is 10.9 Å². The first-order chi connectivity index (χ1) is 8.83. The number of hydrogen-bond acceptors (Lipinski definition) is 3. The lowest BCUT2D eigenvalue weighted by atomic mass is 10.0. The summed E-state index contributed by atoms with van der Waals surface area (Å²) < 4.78 is 4.58. The molecule has 0 amide bonds. The van der Waals surface area contributed by atoms with E-state index in [2.05, 4.69) is 33.5 Å². The Bertz CT molecular complexity index is 568. The largest absolute Gasteiger partial charge is 0.356 e. The summed E-state index contributed by atoms with van der Waals surface area (Å²) in [6.07, 6.45) is 4.84. The first-order valence-corrected chi connectivity index (χ1v) is 7.81. The van der Waals surface area contributed by atoms with Crippen LogP contribution in [0, 0.1) is 0 Å². The van der Waals surface area contributed by atoms with Crippen LogP contribution in [0.1, 0.15) is 25.7 Å². The third-order valence-corrected chi connectivity index (χ3v) is 5.52. The van der Waals surface area contributed by atoms with Gasteiger partial charge in [-0.1, -0.05) is 12.1 Å². The Morgan fingerprint density at radius 3 is 2.67 bits per heavy atom. The summed E-state index contributed by atoms with van der Waals surface area (Å²) in [4.78, 5) is 2.61. The minimum absolute atomic E-state index is 0.373. The standard InChI is InChI=1S/C14H15ClN2S/c15-9-7-10-5-6-11(8-9)17(10)14-12-3-1-2-4-13(12)16-18-14/h1-4,9-11H,5-8H2. The van der Waals surface area contributed by atoms with Crippen molar-refractivity contribution in [2.24, 2.45) is 0 Å². The van der Waals surface area contributed by atoms with Crippen LogP contribution in [0.2, 0.25) is 0 Å². The van der Waals surface area contributed by atoms with Gasteiger partial charge in [-0.15, -0.1) is 11.6 Å². The molecule has 2 unspecified atom stereocenters. The van der Waals surface area contributed by atoms with Crippen molar-refractivity contribution in [3.8, 4) is 0 Å². The molecule has 2 saturated heterocycles. The maximum atomic E-state index is 6.35. The van der Waals surface area contributed by atoms with Crippen molar-refractivity contribution in [1.29, 1.82) is 0 Å². The molecule has 0 saturated carbocycles. The monoisotopic (exact) mass is 278 g/mol. The minimum Gasteiger partial charge on any atom is -0.356 e. The van der Waals surface area contributed by atoms with Crippen LogP contribution in [0.3, 0.4) is 0 Å². The second kappa shape index (κ2) is 4.10. The van der Waals surface area contributed by atoms with Gasteiger partial charge >= 0.3 is 0 Å². The molecule has 0 radical (unpaired) electrons. The molecule has 0 spiro atoms. The Balaban J connectivity index is 1.79. The van der Waals surface area contributed by atoms with Gasteiger partial charge in [0.1, 0.15) is 5.00 Å². The van der Waals surface area contributed by atoms with Crippen LogP contribution >= 0.6 is 23.1 Å². The van der Waals surface area contributed by atoms with Crippen molar-refractivity contribution in [2.45, 2.75) is 43.1 Å². The second-order valence-corrected chi connectivity index (χ2v) is 6.73. The summed E-state index contributed by atoms with van der Waals surface area (Å²) in [5, 5.41) is 3.05. The number of hydrogen-bond donors (Lipinski definition) is 0. The summed E-state index contributed by atoms with van der Waals surface area (Å²) in [6, 6.07) is 9.73. The van der Waals surface area contributed by atoms with Crippen molar-refractivity contribution < 1.29 is 0 Å². The van der Waals surface area contributed by atoms with Gasteiger partial charge in [-0.25, -0.2) is 0 Å². The van der Waals surface area contributed by atoms with Crippen molar-refractivity contribution in [2.75, 3.05) is 4.90 Å². The molecule has 2 aliphatic heterocycles. The number of aromatic nitrogens is 1. The van der Waals surface area contributed by atoms with Gasteiger partial charge in [0.05, 0.1) is 5.52 Å². The number of halogens is 1. The summed E-state index contributed by atoms with van der Waals surface area (Å²) in [6.45, 7) is 0. The molecule has 4 rings (SSSR count). The molecule has 2 bridgehead atoms. The van der Waals surface area contributed by atoms with Gasteiger partial charge in [-0.2, -0.15) is 4.37 Å². The highest BCUT2D eigenvalue weighted by Crippen LogP contribution is 2.44. The lowest BCUT2D eigenvalue weighted by Crippen LogP contribution is -2.43. The molecule has 2 aliphatic rings. The lowest BCUT2D eigenvalue weighted by Gasteiger charge is -2.37. The third-order valence-electron chi connectivity index (χ3n) is 4.27. The van der Waals surface area contributed by atoms with E-state index in [4.69, 9.17) is 11.6 Å². The lowest BCUT2D eigenvalue weighted by molar-refractivity contribution is 0.477. The van der Waals surface area contributed by atoms with Crippen molar-refractivity contribution in [3.63, 3.8) is 0 Å². The highest BCUT2D eigenvalue weighted by molar-refractivity contribution is 7.11. The van der Waals surface area contributed by atoms with E-state index in [1.54, 1.807) is 11.5 Å². The molecule has 1 aromatic heterocycles. The Hall–Kier alpha value is -0.800. The second-order valence-electron chi connectivity index (χ2n) is 5.37. The number of anilines is 1. The molecule has 94 valence electrons. The number of benzene rings is 1. The molecule has 0 aliphatic carbocycles. The predicted octanol–water partition coefficient (Wildman–Crippen LogP) is 4.03. The number of rotatable bonds is 1. The molecule has 2 atom stereocenters. The van der Waals surface area contributed by atoms with Gasteiger partial charge in [0.2, 0.25) is 0 Å². The fourth-order valence-electron chi connectivity index (χ4n) is 3.50. The van der Waals surface area contributed by atoms with E-state index in [1.165, 1.54) is 23.2 Å². The van der Waals surface area contributed by atoms with E-state index >= 15 is 0 Å². The summed E-state index contributed by atoms with van der Waals surface area (Å²) >= 11 is 8.00. The fraction of sp³-hybridized carbons (Fsp3) is 0.500. The smallest absolute Gasteiger partial charge is 0.120 e. The maximum Gasteiger partial charge on any atom is 0.120 e. The van der Waals surface area contributed by atoms with E-state index in [0.717, 1.165) is 18.4 Å². The number of piperidine rings is 1. The summed E-state index contributed by atoms with van der Waals surface area (Å²) in [5.41, 5.74) is 1.13. The summed E-state index contributed by atoms with van der Waals surface area (Å²) in [5.74, 6) is 0. The first-order valence-electron chi connectivity index (χ1n) is 6.60. The molecule has 4 heteroatoms. The van der Waals surface area contributed by atoms with Gasteiger partial charge < -0.3 is 4.90 Å². The third kappa shape index (κ3) is 1.57. The van der Waals surface area contributed by atoms with Gasteiger partial charge in [0.15, 0.2) is 0 Å². The molecule has 18 heavy (non-hydrogen) atoms. The van der Waals surface area contributed by atoms with E-state index in [0.29, 0.717) is 17.5 Å². The van der Waals surface area contributed by atoms with Crippen molar-refractivity contribution in [1.82, 2.24) is 4.37 Å². The maximum absolute atomic E-state index is 6.35. The molecule has 2 fully saturated rings. The van der Waals surface area contributed by atoms with E-state index in [1.807, 2.05) is 0 Å². The van der Waals surface area contributed by atoms with Gasteiger partial charge in [-0.3, -0.25) is 0 Å². The predicted molar refractivity (Wildman–Crippen MR) is 77.8 cm³/mol. The van der Waals surface area contributed by atoms with Crippen LogP contribution in [-0.2, 0) is 0 Å². The molecule has 2 nitrogen and oxygen atoms in total. The topological polar surface area (TPSA) is 16.1 Å². The Kier molecular flexibility index (Phi) is 2.52. The van der Waals surface area contributed by atoms with Gasteiger partial charge in [0, 0.05) is 22.8 Å². The van der Waals surface area contributed by atoms with Crippen LogP contribution < -0.4 is 4.90 Å². The Morgan fingerprint density at radius 2 is 1.89 bits per heavy atom. The summed E-state index contributed by atoms with van der Waals surface area (Å²) in [7, 11) is 0. The van der Waals surface area contributed by atoms with Crippen molar-refractivity contribution >= 4 is 39.0 Å². The van der Waals surface area contributed by atoms with E-state index in [9.17, 15) is 0 Å². The minimum atomic E-state index is 0.373. The number of nitrogens with zero attached hydrogens (tertiary/aromatic N) is 2. The van der Waals surface area contributed by atoms with Crippen molar-refractivity contribution in [3.05, 3.63) is 24.3 Å². The van der Waals surface area contributed by atoms with E-state index < -0.39 is 0 Å². The number of fused-ring (bicyclic) bond motifs is 3. The molecule has 3 heterocycles. The molecule has 2 aromatic rings. The van der Waals surface area contributed by atoms with Crippen LogP contribution in [0.4, 0.5) is 5.00 Å². The highest BCUT2D eigenvalue weighted by Gasteiger charge is 2.41. The average Bonchev–Trinajstić information content (AvgIpc) is 2.89. The zero-order valence-corrected chi connectivity index (χ0v) is 11.6. The molecular weight excluding hydrogens is 264 g/mol. The average molecular weight is 279 g/mol. The van der Waals surface area contributed by atoms with Gasteiger partial charge in [-0.05, 0) is 49.3 Å². The molecule has 1 aromatic carbocycles. The zero-order valence-electron chi connectivity index (χ0n) is 10.1. The highest BCUT2D eigenvalue weighted by atomic mass is 35.5. The Labute approximate surface area is 116 Å². The van der Waals surface area contributed by atoms with E-state index in [-0.39, 0.29) is 0 Å². The molecular formula is C14H15ClN2S. The zero-order chi connectivity index (χ0) is 12.1. The fourth-order valence-corrected chi connectivity index (χ4v) is 4.92. The van der Waals surface area contributed by atoms with Crippen LogP contribution in [-0.4, -0.2) is 21.8 Å². The first kappa shape index (κ1) is 11.1. The molecule has 0 N–H and O–H groups in total. The normalized spacial score (nSPS) is 31.2. The Morgan fingerprint density at radius 1 is 1.17 bits per heavy atom. The SMILES string of the molecule is ClC1CC2CCC(C1)N2c1snc2ccccc12. The quantitative estimate of drug-likeness (QED) is 0.732. The van der Waals surface area contributed by atoms with Crippen LogP contribution in [0.15, 0.2) is 24.3 Å². The van der Waals surface area contributed by atoms with Gasteiger partial charge in [0.25, 0.3) is 0 Å². The number of alkyl halides is 1. The van der Waals surface area contributed by atoms with Crippen LogP contribution in [0.5, 0.6) is 0 Å².